The first kappa shape index (κ1) is 13.0. The predicted octanol–water partition coefficient (Wildman–Crippen LogP) is 2.02. The minimum Gasteiger partial charge on any atom is -0.373 e. The molecule has 0 saturated heterocycles. The molecular weight excluding hydrogens is 268 g/mol. The summed E-state index contributed by atoms with van der Waals surface area (Å²) in [5, 5.41) is 2.86. The molecule has 0 fully saturated rings. The van der Waals surface area contributed by atoms with E-state index in [1.807, 2.05) is 32.2 Å². The number of para-hydroxylation sites is 1. The van der Waals surface area contributed by atoms with Crippen molar-refractivity contribution in [3.63, 3.8) is 0 Å². The van der Waals surface area contributed by atoms with E-state index in [-0.39, 0.29) is 10.7 Å². The van der Waals surface area contributed by atoms with Crippen LogP contribution in [0.1, 0.15) is 6.92 Å². The Morgan fingerprint density at radius 1 is 1.44 bits per heavy atom. The number of benzene rings is 1. The lowest BCUT2D eigenvalue weighted by molar-refractivity contribution is -0.120. The second-order valence-electron chi connectivity index (χ2n) is 3.66. The third-order valence-electron chi connectivity index (χ3n) is 2.30. The molecule has 1 unspecified atom stereocenters. The van der Waals surface area contributed by atoms with E-state index in [1.54, 1.807) is 0 Å². The van der Waals surface area contributed by atoms with E-state index in [0.717, 1.165) is 12.2 Å². The van der Waals surface area contributed by atoms with Crippen molar-refractivity contribution in [1.29, 1.82) is 0 Å². The molecule has 0 spiro atoms. The van der Waals surface area contributed by atoms with Crippen molar-refractivity contribution in [1.82, 2.24) is 5.32 Å². The van der Waals surface area contributed by atoms with Crippen LogP contribution in [0.4, 0.5) is 5.69 Å². The summed E-state index contributed by atoms with van der Waals surface area (Å²) in [5.74, 6) is 0.0291. The number of rotatable bonds is 5. The second kappa shape index (κ2) is 6.53. The van der Waals surface area contributed by atoms with Crippen LogP contribution in [0.3, 0.4) is 0 Å². The standard InChI is InChI=1S/C12H17BrN2O/c1-10(13)12(16)14-8-9-15(2)11-6-4-3-5-7-11/h3-7,10H,8-9H2,1-2H3,(H,14,16). The third kappa shape index (κ3) is 4.23. The molecule has 0 heterocycles. The van der Waals surface area contributed by atoms with E-state index in [0.29, 0.717) is 6.54 Å². The highest BCUT2D eigenvalue weighted by Crippen LogP contribution is 2.09. The van der Waals surface area contributed by atoms with E-state index in [9.17, 15) is 4.79 Å². The van der Waals surface area contributed by atoms with E-state index >= 15 is 0 Å². The smallest absolute Gasteiger partial charge is 0.233 e. The number of anilines is 1. The summed E-state index contributed by atoms with van der Waals surface area (Å²) in [6.45, 7) is 3.27. The number of hydrogen-bond donors (Lipinski definition) is 1. The number of hydrogen-bond acceptors (Lipinski definition) is 2. The van der Waals surface area contributed by atoms with Gasteiger partial charge in [-0.3, -0.25) is 4.79 Å². The molecule has 0 aliphatic heterocycles. The number of carbonyl (C=O) groups excluding carboxylic acids is 1. The van der Waals surface area contributed by atoms with Gasteiger partial charge in [0.1, 0.15) is 0 Å². The normalized spacial score (nSPS) is 11.9. The number of likely N-dealkylation sites (N-methyl/N-ethyl adjacent to an activating group) is 1. The lowest BCUT2D eigenvalue weighted by Crippen LogP contribution is -2.36. The van der Waals surface area contributed by atoms with Crippen LogP contribution in [0.25, 0.3) is 0 Å². The molecule has 0 saturated carbocycles. The first-order valence-electron chi connectivity index (χ1n) is 5.29. The van der Waals surface area contributed by atoms with Gasteiger partial charge in [0.05, 0.1) is 4.83 Å². The fourth-order valence-electron chi connectivity index (χ4n) is 1.30. The van der Waals surface area contributed by atoms with Crippen LogP contribution >= 0.6 is 15.9 Å². The van der Waals surface area contributed by atoms with Crippen molar-refractivity contribution >= 4 is 27.5 Å². The molecule has 16 heavy (non-hydrogen) atoms. The van der Waals surface area contributed by atoms with Gasteiger partial charge >= 0.3 is 0 Å². The number of carbonyl (C=O) groups is 1. The lowest BCUT2D eigenvalue weighted by atomic mass is 10.3. The second-order valence-corrected chi connectivity index (χ2v) is 5.04. The molecule has 88 valence electrons. The molecule has 0 aromatic heterocycles. The Bertz CT molecular complexity index is 327. The first-order valence-corrected chi connectivity index (χ1v) is 6.21. The highest BCUT2D eigenvalue weighted by molar-refractivity contribution is 9.10. The molecular formula is C12H17BrN2O. The van der Waals surface area contributed by atoms with Crippen LogP contribution in [-0.2, 0) is 4.79 Å². The van der Waals surface area contributed by atoms with Crippen LogP contribution in [0, 0.1) is 0 Å². The van der Waals surface area contributed by atoms with E-state index < -0.39 is 0 Å². The van der Waals surface area contributed by atoms with Crippen molar-refractivity contribution in [3.8, 4) is 0 Å². The Balaban J connectivity index is 2.31. The fraction of sp³-hybridized carbons (Fsp3) is 0.417. The van der Waals surface area contributed by atoms with Crippen LogP contribution in [0.15, 0.2) is 30.3 Å². The van der Waals surface area contributed by atoms with Crippen LogP contribution in [-0.4, -0.2) is 30.9 Å². The van der Waals surface area contributed by atoms with Gasteiger partial charge in [-0.2, -0.15) is 0 Å². The van der Waals surface area contributed by atoms with E-state index in [2.05, 4.69) is 38.3 Å². The molecule has 1 amide bonds. The van der Waals surface area contributed by atoms with E-state index in [1.165, 1.54) is 0 Å². The molecule has 1 atom stereocenters. The molecule has 3 nitrogen and oxygen atoms in total. The molecule has 0 radical (unpaired) electrons. The van der Waals surface area contributed by atoms with Gasteiger partial charge in [-0.1, -0.05) is 34.1 Å². The molecule has 0 aliphatic carbocycles. The van der Waals surface area contributed by atoms with Crippen LogP contribution < -0.4 is 10.2 Å². The first-order chi connectivity index (χ1) is 7.61. The average Bonchev–Trinajstić information content (AvgIpc) is 2.29. The summed E-state index contributed by atoms with van der Waals surface area (Å²) in [6, 6.07) is 10.1. The maximum Gasteiger partial charge on any atom is 0.233 e. The molecule has 1 aromatic rings. The van der Waals surface area contributed by atoms with Crippen molar-refractivity contribution in [2.24, 2.45) is 0 Å². The Morgan fingerprint density at radius 2 is 2.06 bits per heavy atom. The average molecular weight is 285 g/mol. The van der Waals surface area contributed by atoms with Gasteiger partial charge in [-0.25, -0.2) is 0 Å². The molecule has 1 N–H and O–H groups in total. The van der Waals surface area contributed by atoms with Crippen molar-refractivity contribution in [2.45, 2.75) is 11.8 Å². The molecule has 1 aromatic carbocycles. The van der Waals surface area contributed by atoms with Crippen molar-refractivity contribution < 1.29 is 4.79 Å². The van der Waals surface area contributed by atoms with Gasteiger partial charge in [-0.05, 0) is 19.1 Å². The maximum absolute atomic E-state index is 11.3. The Labute approximate surface area is 105 Å². The fourth-order valence-corrected chi connectivity index (χ4v) is 1.46. The number of alkyl halides is 1. The Hall–Kier alpha value is -1.03. The van der Waals surface area contributed by atoms with Crippen LogP contribution in [0.2, 0.25) is 0 Å². The van der Waals surface area contributed by atoms with Gasteiger partial charge in [0.25, 0.3) is 0 Å². The lowest BCUT2D eigenvalue weighted by Gasteiger charge is -2.19. The largest absolute Gasteiger partial charge is 0.373 e. The summed E-state index contributed by atoms with van der Waals surface area (Å²) in [6.07, 6.45) is 0. The van der Waals surface area contributed by atoms with Gasteiger partial charge in [-0.15, -0.1) is 0 Å². The van der Waals surface area contributed by atoms with Crippen molar-refractivity contribution in [3.05, 3.63) is 30.3 Å². The third-order valence-corrected chi connectivity index (χ3v) is 2.72. The topological polar surface area (TPSA) is 32.3 Å². The zero-order valence-electron chi connectivity index (χ0n) is 9.61. The minimum absolute atomic E-state index is 0.0291. The monoisotopic (exact) mass is 284 g/mol. The summed E-state index contributed by atoms with van der Waals surface area (Å²) in [4.78, 5) is 13.3. The van der Waals surface area contributed by atoms with Gasteiger partial charge in [0.15, 0.2) is 0 Å². The molecule has 0 bridgehead atoms. The molecule has 4 heteroatoms. The maximum atomic E-state index is 11.3. The molecule has 0 aliphatic rings. The zero-order chi connectivity index (χ0) is 12.0. The van der Waals surface area contributed by atoms with Crippen molar-refractivity contribution in [2.75, 3.05) is 25.0 Å². The highest BCUT2D eigenvalue weighted by Gasteiger charge is 2.07. The molecule has 1 rings (SSSR count). The number of nitrogens with one attached hydrogen (secondary N) is 1. The van der Waals surface area contributed by atoms with Crippen LogP contribution in [0.5, 0.6) is 0 Å². The van der Waals surface area contributed by atoms with Gasteiger partial charge in [0, 0.05) is 25.8 Å². The number of nitrogens with zero attached hydrogens (tertiary/aromatic N) is 1. The SMILES string of the molecule is CC(Br)C(=O)NCCN(C)c1ccccc1. The van der Waals surface area contributed by atoms with Gasteiger partial charge < -0.3 is 10.2 Å². The van der Waals surface area contributed by atoms with E-state index in [4.69, 9.17) is 0 Å². The zero-order valence-corrected chi connectivity index (χ0v) is 11.2. The number of amides is 1. The summed E-state index contributed by atoms with van der Waals surface area (Å²) < 4.78 is 0. The predicted molar refractivity (Wildman–Crippen MR) is 71.1 cm³/mol. The summed E-state index contributed by atoms with van der Waals surface area (Å²) >= 11 is 3.23. The summed E-state index contributed by atoms with van der Waals surface area (Å²) in [5.41, 5.74) is 1.16. The Kier molecular flexibility index (Phi) is 5.32. The Morgan fingerprint density at radius 3 is 2.62 bits per heavy atom. The minimum atomic E-state index is -0.130. The highest BCUT2D eigenvalue weighted by atomic mass is 79.9. The van der Waals surface area contributed by atoms with Gasteiger partial charge in [0.2, 0.25) is 5.91 Å². The number of halogens is 1. The summed E-state index contributed by atoms with van der Waals surface area (Å²) in [7, 11) is 2.01. The quantitative estimate of drug-likeness (QED) is 0.839.